The fraction of sp³-hybridized carbons (Fsp3) is 0.184. The lowest BCUT2D eigenvalue weighted by Crippen LogP contribution is -2.32. The molecule has 0 aromatic heterocycles. The summed E-state index contributed by atoms with van der Waals surface area (Å²) >= 11 is 7.53. The van der Waals surface area contributed by atoms with Gasteiger partial charge in [-0.05, 0) is 55.0 Å². The number of hydrogen-bond acceptors (Lipinski definition) is 24. The minimum absolute atomic E-state index is 0. The van der Waals surface area contributed by atoms with Crippen LogP contribution in [0.25, 0.3) is 0 Å². The van der Waals surface area contributed by atoms with Gasteiger partial charge in [0.15, 0.2) is 0 Å². The average molecular weight is 1140 g/mol. The van der Waals surface area contributed by atoms with Crippen molar-refractivity contribution in [3.05, 3.63) is 136 Å². The van der Waals surface area contributed by atoms with E-state index in [9.17, 15) is 74.0 Å². The van der Waals surface area contributed by atoms with E-state index < -0.39 is 119 Å². The number of nitro benzene ring substituents is 4. The zero-order chi connectivity index (χ0) is 56.4. The second-order valence-corrected chi connectivity index (χ2v) is 18.5. The molecule has 4 aromatic carbocycles. The van der Waals surface area contributed by atoms with Gasteiger partial charge in [-0.3, -0.25) is 54.8 Å². The lowest BCUT2D eigenvalue weighted by molar-refractivity contribution is -0.385. The highest BCUT2D eigenvalue weighted by Crippen LogP contribution is 2.40. The van der Waals surface area contributed by atoms with Gasteiger partial charge >= 0.3 is 43.2 Å². The van der Waals surface area contributed by atoms with E-state index in [1.165, 1.54) is 30.3 Å². The molecule has 13 N–H and O–H groups in total. The van der Waals surface area contributed by atoms with Crippen molar-refractivity contribution in [2.75, 3.05) is 11.5 Å². The van der Waals surface area contributed by atoms with E-state index >= 15 is 0 Å². The summed E-state index contributed by atoms with van der Waals surface area (Å²) in [5.74, 6) is -8.38. The van der Waals surface area contributed by atoms with Crippen molar-refractivity contribution in [3.63, 3.8) is 0 Å². The largest absolute Gasteiger partial charge is 1.00 e. The zero-order valence-electron chi connectivity index (χ0n) is 37.6. The number of aliphatic carboxylic acids is 3. The van der Waals surface area contributed by atoms with Gasteiger partial charge in [-0.15, -0.1) is 12.6 Å². The summed E-state index contributed by atoms with van der Waals surface area (Å²) in [6, 6.07) is 11.9. The Kier molecular flexibility index (Phi) is 29.4. The number of nitro groups is 4. The Balaban J connectivity index is 0. The molecule has 0 aliphatic heterocycles. The molecule has 0 saturated heterocycles. The summed E-state index contributed by atoms with van der Waals surface area (Å²) in [7, 11) is 4.29. The van der Waals surface area contributed by atoms with Crippen LogP contribution in [-0.4, -0.2) is 127 Å². The van der Waals surface area contributed by atoms with Crippen molar-refractivity contribution in [2.24, 2.45) is 17.2 Å². The molecular formula is C38H40N7O22S6+. The summed E-state index contributed by atoms with van der Waals surface area (Å²) in [6.07, 6.45) is 0.495. The molecule has 0 aliphatic rings. The molecule has 73 heavy (non-hydrogen) atoms. The molecule has 0 fully saturated rings. The molecule has 4 rings (SSSR count). The van der Waals surface area contributed by atoms with Crippen LogP contribution >= 0.6 is 68.4 Å². The summed E-state index contributed by atoms with van der Waals surface area (Å²) in [6.45, 7) is 1.73. The summed E-state index contributed by atoms with van der Waals surface area (Å²) < 4.78 is 0. The van der Waals surface area contributed by atoms with Crippen LogP contribution in [-0.2, 0) is 14.4 Å². The van der Waals surface area contributed by atoms with E-state index in [-0.39, 0.29) is 18.5 Å². The number of benzene rings is 4. The monoisotopic (exact) mass is 1140 g/mol. The van der Waals surface area contributed by atoms with Gasteiger partial charge in [0, 0.05) is 55.4 Å². The number of carboxylic acids is 7. The van der Waals surface area contributed by atoms with Gasteiger partial charge < -0.3 is 52.9 Å². The van der Waals surface area contributed by atoms with Gasteiger partial charge in [0.1, 0.15) is 40.4 Å². The fourth-order valence-corrected chi connectivity index (χ4v) is 8.62. The number of nitrogens with zero attached hydrogens (tertiary/aromatic N) is 4. The summed E-state index contributed by atoms with van der Waals surface area (Å²) in [5, 5.41) is 103. The second-order valence-electron chi connectivity index (χ2n) is 12.9. The normalized spacial score (nSPS) is 11.2. The van der Waals surface area contributed by atoms with Crippen molar-refractivity contribution >= 4 is 133 Å². The molecular weight excluding hydrogens is 1100 g/mol. The molecule has 0 saturated carbocycles. The van der Waals surface area contributed by atoms with Crippen LogP contribution < -0.4 is 17.2 Å². The van der Waals surface area contributed by atoms with Crippen LogP contribution in [0.3, 0.4) is 0 Å². The predicted molar refractivity (Wildman–Crippen MR) is 270 cm³/mol. The molecule has 0 radical (unpaired) electrons. The molecule has 35 heteroatoms. The number of carboxylic acid groups (broad SMARTS) is 7. The van der Waals surface area contributed by atoms with Crippen LogP contribution in [0.1, 0.15) is 56.2 Å². The van der Waals surface area contributed by atoms with E-state index in [2.05, 4.69) is 25.3 Å². The number of thiol groups is 2. The number of rotatable bonds is 20. The van der Waals surface area contributed by atoms with E-state index in [4.69, 9.17) is 52.9 Å². The Bertz CT molecular complexity index is 2630. The van der Waals surface area contributed by atoms with Gasteiger partial charge in [-0.25, -0.2) is 19.2 Å². The molecule has 394 valence electrons. The highest BCUT2D eigenvalue weighted by Gasteiger charge is 2.24. The molecule has 3 unspecified atom stereocenters. The number of carbonyl (C=O) groups is 7. The fourth-order valence-electron chi connectivity index (χ4n) is 4.14. The zero-order valence-corrected chi connectivity index (χ0v) is 41.6. The maximum atomic E-state index is 11.1. The number of aromatic carboxylic acids is 4. The Morgan fingerprint density at radius 1 is 0.507 bits per heavy atom. The first-order valence-corrected chi connectivity index (χ1v) is 24.4. The van der Waals surface area contributed by atoms with E-state index in [0.717, 1.165) is 85.6 Å². The maximum absolute atomic E-state index is 11.1. The maximum Gasteiger partial charge on any atom is 1.00 e. The molecule has 0 amide bonds. The van der Waals surface area contributed by atoms with E-state index in [0.29, 0.717) is 26.0 Å². The summed E-state index contributed by atoms with van der Waals surface area (Å²) in [5.41, 5.74) is 11.5. The van der Waals surface area contributed by atoms with Gasteiger partial charge in [0.2, 0.25) is 0 Å². The lowest BCUT2D eigenvalue weighted by Gasteiger charge is -2.06. The third kappa shape index (κ3) is 23.7. The minimum atomic E-state index is -1.45. The molecule has 0 bridgehead atoms. The van der Waals surface area contributed by atoms with Crippen LogP contribution in [0.5, 0.6) is 0 Å². The quantitative estimate of drug-likeness (QED) is 0.0210. The average Bonchev–Trinajstić information content (AvgIpc) is 3.32. The molecule has 0 heterocycles. The predicted octanol–water partition coefficient (Wildman–Crippen LogP) is 5.97. The lowest BCUT2D eigenvalue weighted by atomic mass is 10.2. The molecule has 0 spiro atoms. The van der Waals surface area contributed by atoms with Crippen LogP contribution in [0.15, 0.2) is 92.4 Å². The van der Waals surface area contributed by atoms with E-state index in [1.807, 2.05) is 0 Å². The molecule has 4 aromatic rings. The molecule has 0 aliphatic carbocycles. The summed E-state index contributed by atoms with van der Waals surface area (Å²) in [4.78, 5) is 115. The van der Waals surface area contributed by atoms with Crippen LogP contribution in [0.4, 0.5) is 22.7 Å². The van der Waals surface area contributed by atoms with E-state index in [1.54, 1.807) is 6.92 Å². The Hall–Kier alpha value is -7.25. The topological polar surface area (TPSA) is 512 Å². The van der Waals surface area contributed by atoms with Gasteiger partial charge in [0.25, 0.3) is 22.7 Å². The van der Waals surface area contributed by atoms with Crippen LogP contribution in [0.2, 0.25) is 0 Å². The van der Waals surface area contributed by atoms with Crippen LogP contribution in [0, 0.1) is 40.5 Å². The Labute approximate surface area is 436 Å². The smallest absolute Gasteiger partial charge is 0.480 e. The Morgan fingerprint density at radius 2 is 0.795 bits per heavy atom. The van der Waals surface area contributed by atoms with Gasteiger partial charge in [0.05, 0.1) is 19.7 Å². The SMILES string of the molecule is CCC(N)C(=O)O.NC(CS)C(=O)O.NC(CSSc1ccc([N+](=O)[O-])c(C(=O)O)c1)C(=O)O.O=C(O)c1cc(S)ccc1[N+](=O)[O-].O=C(O)c1cc(SSc2ccc([N+](=O)[O-])c(C(=O)O)c2)ccc1[N+](=O)[O-].[H+]. The van der Waals surface area contributed by atoms with Crippen molar-refractivity contribution in [1.82, 2.24) is 0 Å². The third-order valence-electron chi connectivity index (χ3n) is 7.82. The standard InChI is InChI=1S/C14H8N2O8S2.C10H10N2O6S2.C7H5NO4S.C4H9NO2.C3H7NO2S/c17-13(18)9-5-7(1-3-11(9)15(21)22)25-26-8-2-4-12(16(23)24)10(6-8)14(19)20;11-7(10(15)16)4-19-20-5-1-2-8(12(17)18)6(3-5)9(13)14;9-7(10)5-3-4(13)1-2-6(5)8(11)12;1-2-3(5)4(6)7;4-2(1-7)3(5)6/h1-6H,(H,17,18)(H,19,20);1-3,7H,4,11H2,(H,13,14)(H,15,16);1-3,13H,(H,9,10);3H,2,5H2,1H3,(H,6,7);2,7H,1,4H2,(H,5,6)/p+1. The first-order valence-electron chi connectivity index (χ1n) is 18.9. The van der Waals surface area contributed by atoms with Crippen molar-refractivity contribution < 1.29 is 90.4 Å². The number of nitrogens with two attached hydrogens (primary N) is 3. The molecule has 3 atom stereocenters. The Morgan fingerprint density at radius 3 is 1.03 bits per heavy atom. The first-order chi connectivity index (χ1) is 33.9. The van der Waals surface area contributed by atoms with Crippen molar-refractivity contribution in [1.29, 1.82) is 0 Å². The van der Waals surface area contributed by atoms with Gasteiger partial charge in [-0.1, -0.05) is 50.1 Å². The first kappa shape index (κ1) is 65.8. The highest BCUT2D eigenvalue weighted by atomic mass is 33.1. The number of hydrogen-bond donors (Lipinski definition) is 12. The second kappa shape index (κ2) is 32.7. The van der Waals surface area contributed by atoms with Crippen molar-refractivity contribution in [2.45, 2.75) is 51.1 Å². The highest BCUT2D eigenvalue weighted by molar-refractivity contribution is 8.77. The van der Waals surface area contributed by atoms with Crippen molar-refractivity contribution in [3.8, 4) is 0 Å². The third-order valence-corrected chi connectivity index (χ3v) is 13.3. The molecule has 29 nitrogen and oxygen atoms in total. The van der Waals surface area contributed by atoms with Gasteiger partial charge in [-0.2, -0.15) is 12.6 Å². The minimum Gasteiger partial charge on any atom is -0.480 e.